The van der Waals surface area contributed by atoms with Gasteiger partial charge in [-0.25, -0.2) is 8.91 Å². The molecule has 0 aliphatic carbocycles. The Morgan fingerprint density at radius 2 is 2.12 bits per heavy atom. The lowest BCUT2D eigenvalue weighted by molar-refractivity contribution is -0.140. The van der Waals surface area contributed by atoms with Crippen molar-refractivity contribution in [1.29, 1.82) is 5.26 Å². The van der Waals surface area contributed by atoms with E-state index < -0.39 is 17.7 Å². The van der Waals surface area contributed by atoms with Crippen LogP contribution >= 0.6 is 0 Å². The van der Waals surface area contributed by atoms with Gasteiger partial charge >= 0.3 is 0 Å². The van der Waals surface area contributed by atoms with Gasteiger partial charge in [-0.15, -0.1) is 0 Å². The summed E-state index contributed by atoms with van der Waals surface area (Å²) in [5, 5.41) is 19.8. The summed E-state index contributed by atoms with van der Waals surface area (Å²) in [7, 11) is 0. The first-order valence-corrected chi connectivity index (χ1v) is 14.0. The molecule has 41 heavy (non-hydrogen) atoms. The molecule has 2 saturated heterocycles. The number of hydrogen-bond acceptors (Lipinski definition) is 8. The average Bonchev–Trinajstić information content (AvgIpc) is 3.63. The van der Waals surface area contributed by atoms with Gasteiger partial charge in [0.25, 0.3) is 0 Å². The molecule has 0 N–H and O–H groups in total. The molecule has 0 aromatic carbocycles. The van der Waals surface area contributed by atoms with E-state index in [4.69, 9.17) is 24.4 Å². The van der Waals surface area contributed by atoms with Crippen LogP contribution in [0.3, 0.4) is 0 Å². The fourth-order valence-electron chi connectivity index (χ4n) is 5.90. The summed E-state index contributed by atoms with van der Waals surface area (Å²) in [4.78, 5) is 6.56. The monoisotopic (exact) mass is 559 g/mol. The van der Waals surface area contributed by atoms with Crippen molar-refractivity contribution in [3.8, 4) is 23.1 Å². The van der Waals surface area contributed by atoms with Crippen LogP contribution in [-0.2, 0) is 9.47 Å². The lowest BCUT2D eigenvalue weighted by Crippen LogP contribution is -2.42. The van der Waals surface area contributed by atoms with Crippen LogP contribution in [0, 0.1) is 24.1 Å². The van der Waals surface area contributed by atoms with Crippen molar-refractivity contribution in [1.82, 2.24) is 29.3 Å². The van der Waals surface area contributed by atoms with Crippen LogP contribution in [-0.4, -0.2) is 67.4 Å². The van der Waals surface area contributed by atoms with Crippen molar-refractivity contribution < 1.29 is 18.6 Å². The van der Waals surface area contributed by atoms with E-state index in [1.54, 1.807) is 29.0 Å². The molecule has 4 aromatic rings. The van der Waals surface area contributed by atoms with E-state index in [0.717, 1.165) is 49.9 Å². The Labute approximate surface area is 238 Å². The maximum Gasteiger partial charge on any atom is 0.163 e. The summed E-state index contributed by atoms with van der Waals surface area (Å²) in [6.07, 6.45) is 6.45. The molecule has 214 valence electrons. The Bertz CT molecular complexity index is 1590. The molecule has 0 spiro atoms. The zero-order valence-electron chi connectivity index (χ0n) is 23.7. The summed E-state index contributed by atoms with van der Waals surface area (Å²) >= 11 is 0. The smallest absolute Gasteiger partial charge is 0.163 e. The van der Waals surface area contributed by atoms with Gasteiger partial charge in [0.15, 0.2) is 5.79 Å². The molecule has 4 aromatic heterocycles. The molecule has 6 heterocycles. The van der Waals surface area contributed by atoms with E-state index in [1.807, 2.05) is 33.8 Å². The van der Waals surface area contributed by atoms with Crippen LogP contribution in [0.5, 0.6) is 5.75 Å². The molecule has 0 amide bonds. The molecular weight excluding hydrogens is 525 g/mol. The van der Waals surface area contributed by atoms with Gasteiger partial charge in [0.2, 0.25) is 0 Å². The molecule has 0 bridgehead atoms. The second kappa shape index (κ2) is 10.9. The molecule has 2 aliphatic rings. The third kappa shape index (κ3) is 5.43. The van der Waals surface area contributed by atoms with Crippen LogP contribution in [0.1, 0.15) is 62.7 Å². The molecular formula is C30H34FN7O3. The van der Waals surface area contributed by atoms with Crippen molar-refractivity contribution in [2.24, 2.45) is 0 Å². The van der Waals surface area contributed by atoms with Crippen molar-refractivity contribution in [3.63, 3.8) is 0 Å². The van der Waals surface area contributed by atoms with E-state index in [2.05, 4.69) is 20.6 Å². The van der Waals surface area contributed by atoms with E-state index >= 15 is 0 Å². The van der Waals surface area contributed by atoms with Gasteiger partial charge in [0.05, 0.1) is 36.8 Å². The van der Waals surface area contributed by atoms with Gasteiger partial charge in [0.1, 0.15) is 40.5 Å². The van der Waals surface area contributed by atoms with Crippen LogP contribution in [0.25, 0.3) is 16.8 Å². The summed E-state index contributed by atoms with van der Waals surface area (Å²) < 4.78 is 35.1. The Kier molecular flexibility index (Phi) is 7.23. The van der Waals surface area contributed by atoms with Gasteiger partial charge in [-0.3, -0.25) is 14.6 Å². The van der Waals surface area contributed by atoms with Crippen LogP contribution in [0.4, 0.5) is 4.39 Å². The molecule has 3 atom stereocenters. The average molecular weight is 560 g/mol. The lowest BCUT2D eigenvalue weighted by Gasteiger charge is -2.34. The summed E-state index contributed by atoms with van der Waals surface area (Å²) in [5.74, 6) is -0.440. The maximum absolute atomic E-state index is 13.4. The minimum Gasteiger partial charge on any atom is -0.482 e. The number of pyridine rings is 2. The standard InChI is InChI=1S/C30H34FN7O3/c1-19-25(15-34-38(19)22-7-5-11-36(16-22)17-23-18-39-30(3,4)41-23)28-24(13-32)29-27(8-6-12-37(29)35-28)40-20(2)26-10-9-21(31)14-33-26/h6,8-10,12,14-15,20,22-23H,5,7,11,16-18H2,1-4H3/t20-,22+,23+/m1/s1. The number of aromatic nitrogens is 5. The predicted molar refractivity (Wildman–Crippen MR) is 149 cm³/mol. The molecule has 0 unspecified atom stereocenters. The van der Waals surface area contributed by atoms with E-state index in [9.17, 15) is 9.65 Å². The van der Waals surface area contributed by atoms with Gasteiger partial charge < -0.3 is 14.2 Å². The fraction of sp³-hybridized carbons (Fsp3) is 0.467. The minimum atomic E-state index is -0.527. The Morgan fingerprint density at radius 3 is 2.85 bits per heavy atom. The highest BCUT2D eigenvalue weighted by molar-refractivity contribution is 5.81. The minimum absolute atomic E-state index is 0.0622. The largest absolute Gasteiger partial charge is 0.482 e. The Hall–Kier alpha value is -3.85. The fourth-order valence-corrected chi connectivity index (χ4v) is 5.90. The normalized spacial score (nSPS) is 21.7. The van der Waals surface area contributed by atoms with Gasteiger partial charge in [-0.1, -0.05) is 0 Å². The summed E-state index contributed by atoms with van der Waals surface area (Å²) in [6, 6.07) is 9.11. The second-order valence-corrected chi connectivity index (χ2v) is 11.3. The Balaban J connectivity index is 1.26. The van der Waals surface area contributed by atoms with Crippen LogP contribution in [0.2, 0.25) is 0 Å². The van der Waals surface area contributed by atoms with Crippen molar-refractivity contribution in [3.05, 3.63) is 65.6 Å². The number of rotatable bonds is 7. The number of likely N-dealkylation sites (tertiary alicyclic amines) is 1. The first kappa shape index (κ1) is 27.3. The molecule has 0 radical (unpaired) electrons. The number of nitrogens with zero attached hydrogens (tertiary/aromatic N) is 7. The highest BCUT2D eigenvalue weighted by Gasteiger charge is 2.35. The van der Waals surface area contributed by atoms with E-state index in [0.29, 0.717) is 34.8 Å². The zero-order chi connectivity index (χ0) is 28.7. The quantitative estimate of drug-likeness (QED) is 0.317. The number of ether oxygens (including phenoxy) is 3. The van der Waals surface area contributed by atoms with Crippen molar-refractivity contribution in [2.45, 2.75) is 64.6 Å². The highest BCUT2D eigenvalue weighted by atomic mass is 19.1. The number of fused-ring (bicyclic) bond motifs is 1. The van der Waals surface area contributed by atoms with E-state index in [-0.39, 0.29) is 12.1 Å². The summed E-state index contributed by atoms with van der Waals surface area (Å²) in [6.45, 7) is 11.1. The molecule has 0 saturated carbocycles. The third-order valence-corrected chi connectivity index (χ3v) is 7.86. The number of halogens is 1. The van der Waals surface area contributed by atoms with Crippen molar-refractivity contribution >= 4 is 5.52 Å². The van der Waals surface area contributed by atoms with Crippen molar-refractivity contribution in [2.75, 3.05) is 26.2 Å². The first-order chi connectivity index (χ1) is 19.7. The third-order valence-electron chi connectivity index (χ3n) is 7.86. The first-order valence-electron chi connectivity index (χ1n) is 14.0. The van der Waals surface area contributed by atoms with Gasteiger partial charge in [-0.05, 0) is 71.3 Å². The molecule has 6 rings (SSSR count). The second-order valence-electron chi connectivity index (χ2n) is 11.3. The van der Waals surface area contributed by atoms with Crippen LogP contribution < -0.4 is 4.74 Å². The number of piperidine rings is 1. The zero-order valence-corrected chi connectivity index (χ0v) is 23.7. The highest BCUT2D eigenvalue weighted by Crippen LogP contribution is 2.35. The SMILES string of the molecule is Cc1c(-c2nn3cccc(O[C@H](C)c4ccc(F)cn4)c3c2C#N)cnn1[C@H]1CCCN(C[C@H]2COC(C)(C)O2)C1. The lowest BCUT2D eigenvalue weighted by atomic mass is 10.0. The molecule has 2 fully saturated rings. The van der Waals surface area contributed by atoms with Gasteiger partial charge in [-0.2, -0.15) is 15.5 Å². The summed E-state index contributed by atoms with van der Waals surface area (Å²) in [5.41, 5.74) is 3.90. The predicted octanol–water partition coefficient (Wildman–Crippen LogP) is 4.84. The maximum atomic E-state index is 13.4. The number of hydrogen-bond donors (Lipinski definition) is 0. The van der Waals surface area contributed by atoms with E-state index in [1.165, 1.54) is 6.07 Å². The number of nitriles is 1. The van der Waals surface area contributed by atoms with Crippen LogP contribution in [0.15, 0.2) is 42.9 Å². The van der Waals surface area contributed by atoms with Gasteiger partial charge in [0, 0.05) is 30.5 Å². The molecule has 10 nitrogen and oxygen atoms in total. The topological polar surface area (TPSA) is 103 Å². The molecule has 11 heteroatoms. The Morgan fingerprint density at radius 1 is 1.27 bits per heavy atom. The molecule has 2 aliphatic heterocycles.